The molecule has 0 radical (unpaired) electrons. The van der Waals surface area contributed by atoms with Crippen molar-refractivity contribution in [1.82, 2.24) is 25.1 Å². The van der Waals surface area contributed by atoms with E-state index in [0.717, 1.165) is 29.3 Å². The molecule has 10 heteroatoms. The maximum atomic E-state index is 10.6. The maximum absolute atomic E-state index is 10.6. The van der Waals surface area contributed by atoms with Crippen LogP contribution in [0, 0.1) is 13.8 Å². The molecule has 7 nitrogen and oxygen atoms in total. The zero-order valence-electron chi connectivity index (χ0n) is 20.0. The van der Waals surface area contributed by atoms with Crippen LogP contribution in [0.1, 0.15) is 35.5 Å². The standard InChI is InChI=1S/C24H25N5.C2HF3O2/c1-17-14-18(2)29(28-17)24-9-4-20(16-27-24)15-26-19(3)21-5-7-22(8-6-21)23-10-12-25-13-11-23;3-2(4,5)1(6)7/h4-14,16,19,26H,15H2,1-3H3;(H,6,7). The first-order valence-electron chi connectivity index (χ1n) is 11.1. The molecule has 3 aromatic heterocycles. The number of alkyl halides is 3. The molecular weight excluding hydrogens is 471 g/mol. The molecule has 4 rings (SSSR count). The van der Waals surface area contributed by atoms with Gasteiger partial charge in [0.25, 0.3) is 0 Å². The van der Waals surface area contributed by atoms with E-state index in [-0.39, 0.29) is 6.04 Å². The van der Waals surface area contributed by atoms with Crippen LogP contribution in [-0.4, -0.2) is 37.0 Å². The fraction of sp³-hybridized carbons (Fsp3) is 0.231. The van der Waals surface area contributed by atoms with Crippen molar-refractivity contribution in [3.05, 3.63) is 95.7 Å². The van der Waals surface area contributed by atoms with Crippen molar-refractivity contribution in [1.29, 1.82) is 0 Å². The second-order valence-corrected chi connectivity index (χ2v) is 8.13. The molecular formula is C26H26F3N5O2. The Hall–Kier alpha value is -4.05. The van der Waals surface area contributed by atoms with Gasteiger partial charge in [-0.1, -0.05) is 30.3 Å². The van der Waals surface area contributed by atoms with Crippen molar-refractivity contribution in [3.8, 4) is 16.9 Å². The van der Waals surface area contributed by atoms with Gasteiger partial charge in [0, 0.05) is 36.9 Å². The number of aromatic nitrogens is 4. The van der Waals surface area contributed by atoms with Crippen LogP contribution in [0.25, 0.3) is 16.9 Å². The number of nitrogens with one attached hydrogen (secondary N) is 1. The van der Waals surface area contributed by atoms with E-state index in [0.29, 0.717) is 0 Å². The number of rotatable bonds is 6. The van der Waals surface area contributed by atoms with Gasteiger partial charge in [0.2, 0.25) is 0 Å². The first-order chi connectivity index (χ1) is 17.0. The van der Waals surface area contributed by atoms with Crippen LogP contribution in [-0.2, 0) is 11.3 Å². The normalized spacial score (nSPS) is 11.9. The molecule has 0 saturated carbocycles. The van der Waals surface area contributed by atoms with Crippen molar-refractivity contribution >= 4 is 5.97 Å². The Morgan fingerprint density at radius 3 is 2.14 bits per heavy atom. The fourth-order valence-electron chi connectivity index (χ4n) is 3.40. The van der Waals surface area contributed by atoms with E-state index in [9.17, 15) is 13.2 Å². The number of carboxylic acids is 1. The van der Waals surface area contributed by atoms with Gasteiger partial charge in [-0.25, -0.2) is 14.5 Å². The highest BCUT2D eigenvalue weighted by molar-refractivity contribution is 5.73. The third kappa shape index (κ3) is 7.22. The minimum Gasteiger partial charge on any atom is -0.475 e. The summed E-state index contributed by atoms with van der Waals surface area (Å²) in [6, 6.07) is 19.2. The highest BCUT2D eigenvalue weighted by Gasteiger charge is 2.38. The lowest BCUT2D eigenvalue weighted by atomic mass is 10.0. The number of benzene rings is 1. The highest BCUT2D eigenvalue weighted by atomic mass is 19.4. The fourth-order valence-corrected chi connectivity index (χ4v) is 3.40. The summed E-state index contributed by atoms with van der Waals surface area (Å²) in [6.07, 6.45) is 0.473. The highest BCUT2D eigenvalue weighted by Crippen LogP contribution is 2.21. The summed E-state index contributed by atoms with van der Waals surface area (Å²) in [7, 11) is 0. The van der Waals surface area contributed by atoms with E-state index >= 15 is 0 Å². The van der Waals surface area contributed by atoms with Gasteiger partial charge < -0.3 is 10.4 Å². The zero-order valence-corrected chi connectivity index (χ0v) is 20.0. The number of halogens is 3. The van der Waals surface area contributed by atoms with Crippen LogP contribution < -0.4 is 5.32 Å². The third-order valence-corrected chi connectivity index (χ3v) is 5.31. The third-order valence-electron chi connectivity index (χ3n) is 5.31. The topological polar surface area (TPSA) is 92.9 Å². The van der Waals surface area contributed by atoms with Crippen LogP contribution in [0.4, 0.5) is 13.2 Å². The lowest BCUT2D eigenvalue weighted by Gasteiger charge is -2.15. The van der Waals surface area contributed by atoms with Crippen LogP contribution >= 0.6 is 0 Å². The Morgan fingerprint density at radius 1 is 1.03 bits per heavy atom. The van der Waals surface area contributed by atoms with Gasteiger partial charge in [0.15, 0.2) is 5.82 Å². The van der Waals surface area contributed by atoms with Gasteiger partial charge in [-0.3, -0.25) is 4.98 Å². The quantitative estimate of drug-likeness (QED) is 0.369. The first-order valence-corrected chi connectivity index (χ1v) is 11.1. The van der Waals surface area contributed by atoms with Crippen molar-refractivity contribution in [2.24, 2.45) is 0 Å². The molecule has 0 bridgehead atoms. The molecule has 0 aliphatic carbocycles. The Balaban J connectivity index is 0.000000454. The molecule has 1 atom stereocenters. The molecule has 0 fully saturated rings. The van der Waals surface area contributed by atoms with Crippen molar-refractivity contribution in [2.45, 2.75) is 39.5 Å². The predicted octanol–water partition coefficient (Wildman–Crippen LogP) is 5.43. The molecule has 2 N–H and O–H groups in total. The summed E-state index contributed by atoms with van der Waals surface area (Å²) >= 11 is 0. The predicted molar refractivity (Wildman–Crippen MR) is 129 cm³/mol. The molecule has 0 amide bonds. The lowest BCUT2D eigenvalue weighted by Crippen LogP contribution is -2.21. The van der Waals surface area contributed by atoms with Crippen LogP contribution in [0.2, 0.25) is 0 Å². The number of carboxylic acid groups (broad SMARTS) is 1. The van der Waals surface area contributed by atoms with E-state index in [4.69, 9.17) is 9.90 Å². The second kappa shape index (κ2) is 11.6. The Morgan fingerprint density at radius 2 is 1.64 bits per heavy atom. The number of nitrogens with zero attached hydrogens (tertiary/aromatic N) is 4. The van der Waals surface area contributed by atoms with E-state index in [2.05, 4.69) is 63.7 Å². The summed E-state index contributed by atoms with van der Waals surface area (Å²) in [5, 5.41) is 15.2. The summed E-state index contributed by atoms with van der Waals surface area (Å²) in [5.74, 6) is -1.91. The molecule has 1 aromatic carbocycles. The SMILES string of the molecule is Cc1cc(C)n(-c2ccc(CNC(C)c3ccc(-c4ccncc4)cc3)cn2)n1.O=C(O)C(F)(F)F. The average Bonchev–Trinajstić information content (AvgIpc) is 3.21. The van der Waals surface area contributed by atoms with E-state index in [1.54, 1.807) is 0 Å². The van der Waals surface area contributed by atoms with Crippen LogP contribution in [0.3, 0.4) is 0 Å². The van der Waals surface area contributed by atoms with Gasteiger partial charge in [-0.2, -0.15) is 18.3 Å². The minimum atomic E-state index is -5.08. The smallest absolute Gasteiger partial charge is 0.475 e. The minimum absolute atomic E-state index is 0.247. The Labute approximate surface area is 206 Å². The number of pyridine rings is 2. The van der Waals surface area contributed by atoms with Crippen LogP contribution in [0.5, 0.6) is 0 Å². The molecule has 3 heterocycles. The van der Waals surface area contributed by atoms with Crippen LogP contribution in [0.15, 0.2) is 73.2 Å². The first kappa shape index (κ1) is 26.6. The summed E-state index contributed by atoms with van der Waals surface area (Å²) in [5.41, 5.74) is 6.88. The van der Waals surface area contributed by atoms with Gasteiger partial charge in [0.05, 0.1) is 5.69 Å². The molecule has 36 heavy (non-hydrogen) atoms. The van der Waals surface area contributed by atoms with Gasteiger partial charge in [-0.05, 0) is 67.3 Å². The van der Waals surface area contributed by atoms with E-state index in [1.807, 2.05) is 55.3 Å². The largest absolute Gasteiger partial charge is 0.490 e. The van der Waals surface area contributed by atoms with Gasteiger partial charge >= 0.3 is 12.1 Å². The number of aryl methyl sites for hydroxylation is 2. The number of aliphatic carboxylic acids is 1. The number of hydrogen-bond donors (Lipinski definition) is 2. The molecule has 0 aliphatic heterocycles. The maximum Gasteiger partial charge on any atom is 0.490 e. The van der Waals surface area contributed by atoms with Crippen molar-refractivity contribution < 1.29 is 23.1 Å². The molecule has 188 valence electrons. The summed E-state index contributed by atoms with van der Waals surface area (Å²) < 4.78 is 33.6. The summed E-state index contributed by atoms with van der Waals surface area (Å²) in [6.45, 7) is 6.97. The second-order valence-electron chi connectivity index (χ2n) is 8.13. The molecule has 0 aliphatic rings. The van der Waals surface area contributed by atoms with E-state index in [1.165, 1.54) is 16.7 Å². The van der Waals surface area contributed by atoms with Gasteiger partial charge in [0.1, 0.15) is 0 Å². The van der Waals surface area contributed by atoms with Crippen molar-refractivity contribution in [2.75, 3.05) is 0 Å². The van der Waals surface area contributed by atoms with Crippen molar-refractivity contribution in [3.63, 3.8) is 0 Å². The average molecular weight is 498 g/mol. The summed E-state index contributed by atoms with van der Waals surface area (Å²) in [4.78, 5) is 17.5. The Bertz CT molecular complexity index is 1270. The lowest BCUT2D eigenvalue weighted by molar-refractivity contribution is -0.192. The molecule has 1 unspecified atom stereocenters. The zero-order chi connectivity index (χ0) is 26.3. The van der Waals surface area contributed by atoms with Gasteiger partial charge in [-0.15, -0.1) is 0 Å². The number of hydrogen-bond acceptors (Lipinski definition) is 5. The molecule has 0 spiro atoms. The molecule has 4 aromatic rings. The molecule has 0 saturated heterocycles. The Kier molecular flexibility index (Phi) is 8.55. The van der Waals surface area contributed by atoms with E-state index < -0.39 is 12.1 Å². The number of carbonyl (C=O) groups is 1. The monoisotopic (exact) mass is 497 g/mol.